The van der Waals surface area contributed by atoms with Crippen molar-refractivity contribution in [3.63, 3.8) is 0 Å². The molecule has 36 heavy (non-hydrogen) atoms. The van der Waals surface area contributed by atoms with Gasteiger partial charge in [0.25, 0.3) is 0 Å². The summed E-state index contributed by atoms with van der Waals surface area (Å²) >= 11 is 1.52. The zero-order valence-electron chi connectivity index (χ0n) is 19.7. The lowest BCUT2D eigenvalue weighted by molar-refractivity contribution is -0.268. The summed E-state index contributed by atoms with van der Waals surface area (Å²) in [6, 6.07) is 14.8. The number of ether oxygens (including phenoxy) is 2. The number of amides is 1. The predicted octanol–water partition coefficient (Wildman–Crippen LogP) is 3.68. The number of thioether (sulfide) groups is 1. The molecule has 1 amide bonds. The highest BCUT2D eigenvalue weighted by molar-refractivity contribution is 7.99. The van der Waals surface area contributed by atoms with E-state index in [0.29, 0.717) is 16.6 Å². The first-order valence-electron chi connectivity index (χ1n) is 11.5. The number of carboxylic acids is 1. The van der Waals surface area contributed by atoms with Gasteiger partial charge in [-0.3, -0.25) is 14.7 Å². The number of aliphatic carboxylic acids is 1. The Morgan fingerprint density at radius 3 is 2.42 bits per heavy atom. The molecule has 190 valence electrons. The number of hydrogen-bond acceptors (Lipinski definition) is 8. The smallest absolute Gasteiger partial charge is 0.303 e. The number of aliphatic hydroxyl groups excluding tert-OH is 1. The largest absolute Gasteiger partial charge is 0.481 e. The van der Waals surface area contributed by atoms with E-state index in [9.17, 15) is 14.7 Å². The van der Waals surface area contributed by atoms with Crippen molar-refractivity contribution < 1.29 is 29.3 Å². The fourth-order valence-electron chi connectivity index (χ4n) is 3.90. The molecule has 11 heteroatoms. The van der Waals surface area contributed by atoms with Gasteiger partial charge in [-0.1, -0.05) is 55.1 Å². The van der Waals surface area contributed by atoms with Crippen LogP contribution in [0.1, 0.15) is 48.8 Å². The minimum atomic E-state index is -1.02. The summed E-state index contributed by atoms with van der Waals surface area (Å²) < 4.78 is 12.8. The number of aliphatic hydroxyl groups is 1. The van der Waals surface area contributed by atoms with Crippen molar-refractivity contribution >= 4 is 29.3 Å². The number of nitrogens with zero attached hydrogens (tertiary/aromatic N) is 2. The molecule has 1 aromatic heterocycles. The van der Waals surface area contributed by atoms with Gasteiger partial charge in [-0.05, 0) is 23.3 Å². The molecule has 1 saturated heterocycles. The van der Waals surface area contributed by atoms with E-state index >= 15 is 0 Å². The normalized spacial score (nSPS) is 21.7. The van der Waals surface area contributed by atoms with Crippen LogP contribution >= 0.6 is 11.8 Å². The van der Waals surface area contributed by atoms with Crippen LogP contribution in [0.15, 0.2) is 60.0 Å². The van der Waals surface area contributed by atoms with Gasteiger partial charge < -0.3 is 25.0 Å². The van der Waals surface area contributed by atoms with Gasteiger partial charge in [0.1, 0.15) is 6.33 Å². The standard InChI is InChI=1S/C25H28N4O6S/c1-15-20(13-36-25-26-14-27-29-25)34-24(35-23(15)17-4-2-16(12-30)3-5-17)18-6-8-19(9-7-18)28-21(31)10-11-22(32)33/h2-9,14-15,20,23-24,30H,10-13H2,1H3,(H,28,31)(H,32,33)(H,26,27,29)/t15-,20+,23+,24+/m1/s1. The zero-order chi connectivity index (χ0) is 25.5. The van der Waals surface area contributed by atoms with Gasteiger partial charge in [-0.15, -0.1) is 0 Å². The number of aromatic nitrogens is 3. The summed E-state index contributed by atoms with van der Waals surface area (Å²) in [4.78, 5) is 26.8. The molecule has 1 aliphatic rings. The van der Waals surface area contributed by atoms with Crippen LogP contribution in [-0.2, 0) is 25.7 Å². The first kappa shape index (κ1) is 25.8. The lowest BCUT2D eigenvalue weighted by Crippen LogP contribution is -2.38. The molecule has 0 unspecified atom stereocenters. The summed E-state index contributed by atoms with van der Waals surface area (Å²) in [6.07, 6.45) is 0.114. The van der Waals surface area contributed by atoms with Crippen LogP contribution in [0.5, 0.6) is 0 Å². The highest BCUT2D eigenvalue weighted by atomic mass is 32.2. The minimum absolute atomic E-state index is 0.0251. The molecule has 4 atom stereocenters. The van der Waals surface area contributed by atoms with Crippen LogP contribution in [0.25, 0.3) is 0 Å². The number of H-pyrrole nitrogens is 1. The Morgan fingerprint density at radius 2 is 1.78 bits per heavy atom. The monoisotopic (exact) mass is 512 g/mol. The van der Waals surface area contributed by atoms with Gasteiger partial charge >= 0.3 is 5.97 Å². The summed E-state index contributed by atoms with van der Waals surface area (Å²) in [5.41, 5.74) is 3.17. The molecule has 0 saturated carbocycles. The quantitative estimate of drug-likeness (QED) is 0.299. The van der Waals surface area contributed by atoms with Crippen LogP contribution in [0.4, 0.5) is 5.69 Å². The molecule has 2 heterocycles. The van der Waals surface area contributed by atoms with Gasteiger partial charge in [0.15, 0.2) is 11.4 Å². The van der Waals surface area contributed by atoms with Gasteiger partial charge in [0, 0.05) is 29.3 Å². The molecule has 4 rings (SSSR count). The van der Waals surface area contributed by atoms with E-state index in [1.807, 2.05) is 36.4 Å². The average Bonchev–Trinajstić information content (AvgIpc) is 3.41. The Kier molecular flexibility index (Phi) is 8.70. The molecule has 1 aliphatic heterocycles. The van der Waals surface area contributed by atoms with E-state index in [0.717, 1.165) is 16.7 Å². The van der Waals surface area contributed by atoms with E-state index in [1.165, 1.54) is 18.1 Å². The number of hydrogen-bond donors (Lipinski definition) is 4. The lowest BCUT2D eigenvalue weighted by atomic mass is 9.91. The molecule has 0 aliphatic carbocycles. The number of benzene rings is 2. The van der Waals surface area contributed by atoms with Crippen molar-refractivity contribution in [3.05, 3.63) is 71.5 Å². The number of nitrogens with one attached hydrogen (secondary N) is 2. The Hall–Kier alpha value is -3.25. The van der Waals surface area contributed by atoms with Gasteiger partial charge in [0.2, 0.25) is 5.91 Å². The molecule has 0 radical (unpaired) electrons. The molecule has 1 fully saturated rings. The first-order chi connectivity index (χ1) is 17.4. The fourth-order valence-corrected chi connectivity index (χ4v) is 4.85. The van der Waals surface area contributed by atoms with Gasteiger partial charge in [-0.25, -0.2) is 4.98 Å². The van der Waals surface area contributed by atoms with E-state index in [2.05, 4.69) is 27.4 Å². The number of carbonyl (C=O) groups excluding carboxylic acids is 1. The van der Waals surface area contributed by atoms with Crippen molar-refractivity contribution in [2.75, 3.05) is 11.1 Å². The van der Waals surface area contributed by atoms with Crippen LogP contribution in [-0.4, -0.2) is 49.1 Å². The summed E-state index contributed by atoms with van der Waals surface area (Å²) in [5.74, 6) is -0.707. The van der Waals surface area contributed by atoms with Gasteiger partial charge in [0.05, 0.1) is 25.2 Å². The molecule has 3 aromatic rings. The number of carbonyl (C=O) groups is 2. The van der Waals surface area contributed by atoms with Crippen molar-refractivity contribution in [2.45, 2.75) is 50.0 Å². The predicted molar refractivity (Wildman–Crippen MR) is 132 cm³/mol. The number of anilines is 1. The topological polar surface area (TPSA) is 147 Å². The third kappa shape index (κ3) is 6.70. The maximum Gasteiger partial charge on any atom is 0.303 e. The van der Waals surface area contributed by atoms with E-state index in [1.54, 1.807) is 12.1 Å². The fraction of sp³-hybridized carbons (Fsp3) is 0.360. The van der Waals surface area contributed by atoms with Crippen molar-refractivity contribution in [1.29, 1.82) is 0 Å². The maximum atomic E-state index is 11.9. The molecule has 4 N–H and O–H groups in total. The van der Waals surface area contributed by atoms with Crippen molar-refractivity contribution in [3.8, 4) is 0 Å². The number of rotatable bonds is 10. The third-order valence-corrected chi connectivity index (χ3v) is 6.90. The van der Waals surface area contributed by atoms with Crippen LogP contribution in [0, 0.1) is 5.92 Å². The molecule has 10 nitrogen and oxygen atoms in total. The number of aromatic amines is 1. The Labute approximate surface area is 212 Å². The highest BCUT2D eigenvalue weighted by Gasteiger charge is 2.38. The van der Waals surface area contributed by atoms with Crippen LogP contribution in [0.2, 0.25) is 0 Å². The molecule has 0 spiro atoms. The van der Waals surface area contributed by atoms with Crippen LogP contribution in [0.3, 0.4) is 0 Å². The summed E-state index contributed by atoms with van der Waals surface area (Å²) in [7, 11) is 0. The van der Waals surface area contributed by atoms with Crippen molar-refractivity contribution in [1.82, 2.24) is 15.2 Å². The lowest BCUT2D eigenvalue weighted by Gasteiger charge is -2.41. The number of carboxylic acid groups (broad SMARTS) is 1. The van der Waals surface area contributed by atoms with Crippen molar-refractivity contribution in [2.24, 2.45) is 5.92 Å². The zero-order valence-corrected chi connectivity index (χ0v) is 20.5. The summed E-state index contributed by atoms with van der Waals surface area (Å²) in [6.45, 7) is 2.06. The second kappa shape index (κ2) is 12.1. The van der Waals surface area contributed by atoms with E-state index in [4.69, 9.17) is 14.6 Å². The second-order valence-corrected chi connectivity index (χ2v) is 9.50. The Balaban J connectivity index is 1.50. The molecule has 0 bridgehead atoms. The first-order valence-corrected chi connectivity index (χ1v) is 12.5. The molecule has 2 aromatic carbocycles. The molecular weight excluding hydrogens is 484 g/mol. The molecular formula is C25H28N4O6S. The Morgan fingerprint density at radius 1 is 1.06 bits per heavy atom. The Bertz CT molecular complexity index is 1140. The highest BCUT2D eigenvalue weighted by Crippen LogP contribution is 2.42. The maximum absolute atomic E-state index is 11.9. The SMILES string of the molecule is C[C@@H]1[C@H](CSc2ncn[nH]2)O[C@H](c2ccc(NC(=O)CCC(=O)O)cc2)O[C@@H]1c1ccc(CO)cc1. The third-order valence-electron chi connectivity index (χ3n) is 5.93. The average molecular weight is 513 g/mol. The minimum Gasteiger partial charge on any atom is -0.481 e. The van der Waals surface area contributed by atoms with E-state index in [-0.39, 0.29) is 43.5 Å². The van der Waals surface area contributed by atoms with Gasteiger partial charge in [-0.2, -0.15) is 5.10 Å². The van der Waals surface area contributed by atoms with E-state index < -0.39 is 12.3 Å². The van der Waals surface area contributed by atoms with Crippen LogP contribution < -0.4 is 5.32 Å². The summed E-state index contributed by atoms with van der Waals surface area (Å²) in [5, 5.41) is 28.3. The second-order valence-electron chi connectivity index (χ2n) is 8.49.